The lowest BCUT2D eigenvalue weighted by Crippen LogP contribution is -2.19. The van der Waals surface area contributed by atoms with E-state index in [0.717, 1.165) is 36.0 Å². The fourth-order valence-electron chi connectivity index (χ4n) is 1.81. The molecule has 1 heterocycles. The highest BCUT2D eigenvalue weighted by Crippen LogP contribution is 2.31. The second-order valence-electron chi connectivity index (χ2n) is 5.17. The van der Waals surface area contributed by atoms with E-state index in [0.29, 0.717) is 17.5 Å². The molecule has 0 saturated carbocycles. The van der Waals surface area contributed by atoms with Gasteiger partial charge < -0.3 is 5.32 Å². The monoisotopic (exact) mass is 308 g/mol. The zero-order valence-corrected chi connectivity index (χ0v) is 12.9. The standard InChI is InChI=1S/C16H18F2N2S/c1-11(2)9-19-10-12-4-3-7-20-16(12)21-15-8-13(17)5-6-14(15)18/h3-8,11,19H,9-10H2,1-2H3. The summed E-state index contributed by atoms with van der Waals surface area (Å²) in [6, 6.07) is 7.23. The summed E-state index contributed by atoms with van der Waals surface area (Å²) in [6.45, 7) is 5.82. The van der Waals surface area contributed by atoms with Crippen LogP contribution in [0.4, 0.5) is 8.78 Å². The normalized spacial score (nSPS) is 11.1. The first-order chi connectivity index (χ1) is 10.1. The van der Waals surface area contributed by atoms with Gasteiger partial charge in [0.2, 0.25) is 0 Å². The van der Waals surface area contributed by atoms with Crippen molar-refractivity contribution in [3.8, 4) is 0 Å². The van der Waals surface area contributed by atoms with E-state index in [-0.39, 0.29) is 4.90 Å². The molecule has 21 heavy (non-hydrogen) atoms. The van der Waals surface area contributed by atoms with Gasteiger partial charge in [-0.25, -0.2) is 13.8 Å². The van der Waals surface area contributed by atoms with Crippen molar-refractivity contribution in [2.45, 2.75) is 30.3 Å². The zero-order valence-electron chi connectivity index (χ0n) is 12.1. The molecule has 2 nitrogen and oxygen atoms in total. The van der Waals surface area contributed by atoms with Gasteiger partial charge in [-0.2, -0.15) is 0 Å². The Morgan fingerprint density at radius 1 is 1.24 bits per heavy atom. The Morgan fingerprint density at radius 3 is 2.81 bits per heavy atom. The number of hydrogen-bond acceptors (Lipinski definition) is 3. The lowest BCUT2D eigenvalue weighted by Gasteiger charge is -2.11. The van der Waals surface area contributed by atoms with Crippen molar-refractivity contribution in [2.24, 2.45) is 5.92 Å². The fourth-order valence-corrected chi connectivity index (χ4v) is 2.74. The van der Waals surface area contributed by atoms with Crippen LogP contribution in [-0.4, -0.2) is 11.5 Å². The Bertz CT molecular complexity index is 603. The van der Waals surface area contributed by atoms with E-state index in [4.69, 9.17) is 0 Å². The summed E-state index contributed by atoms with van der Waals surface area (Å²) >= 11 is 1.15. The number of aromatic nitrogens is 1. The summed E-state index contributed by atoms with van der Waals surface area (Å²) in [6.07, 6.45) is 1.66. The van der Waals surface area contributed by atoms with Gasteiger partial charge in [-0.1, -0.05) is 31.7 Å². The molecule has 1 N–H and O–H groups in total. The van der Waals surface area contributed by atoms with E-state index < -0.39 is 11.6 Å². The van der Waals surface area contributed by atoms with Gasteiger partial charge in [-0.15, -0.1) is 0 Å². The third kappa shape index (κ3) is 4.79. The maximum absolute atomic E-state index is 13.7. The van der Waals surface area contributed by atoms with E-state index in [1.165, 1.54) is 6.07 Å². The van der Waals surface area contributed by atoms with Crippen molar-refractivity contribution in [2.75, 3.05) is 6.54 Å². The zero-order chi connectivity index (χ0) is 15.2. The summed E-state index contributed by atoms with van der Waals surface area (Å²) in [4.78, 5) is 4.53. The summed E-state index contributed by atoms with van der Waals surface area (Å²) in [5.74, 6) is -0.333. The molecule has 0 radical (unpaired) electrons. The summed E-state index contributed by atoms with van der Waals surface area (Å²) < 4.78 is 26.9. The Balaban J connectivity index is 2.14. The maximum atomic E-state index is 13.7. The van der Waals surface area contributed by atoms with Crippen LogP contribution in [0.1, 0.15) is 19.4 Å². The molecule has 0 atom stereocenters. The lowest BCUT2D eigenvalue weighted by molar-refractivity contribution is 0.548. The average molecular weight is 308 g/mol. The van der Waals surface area contributed by atoms with Gasteiger partial charge in [0, 0.05) is 12.7 Å². The molecule has 1 aromatic heterocycles. The van der Waals surface area contributed by atoms with Gasteiger partial charge in [0.15, 0.2) is 0 Å². The van der Waals surface area contributed by atoms with E-state index >= 15 is 0 Å². The molecule has 1 aromatic carbocycles. The van der Waals surface area contributed by atoms with Crippen LogP contribution in [0.5, 0.6) is 0 Å². The third-order valence-corrected chi connectivity index (χ3v) is 3.91. The van der Waals surface area contributed by atoms with Gasteiger partial charge in [-0.3, -0.25) is 0 Å². The average Bonchev–Trinajstić information content (AvgIpc) is 2.44. The molecule has 0 saturated heterocycles. The van der Waals surface area contributed by atoms with E-state index in [2.05, 4.69) is 24.1 Å². The highest BCUT2D eigenvalue weighted by molar-refractivity contribution is 7.99. The maximum Gasteiger partial charge on any atom is 0.137 e. The van der Waals surface area contributed by atoms with Crippen LogP contribution in [0.25, 0.3) is 0 Å². The van der Waals surface area contributed by atoms with Crippen LogP contribution >= 0.6 is 11.8 Å². The number of pyridine rings is 1. The van der Waals surface area contributed by atoms with Crippen molar-refractivity contribution in [1.82, 2.24) is 10.3 Å². The van der Waals surface area contributed by atoms with Crippen molar-refractivity contribution >= 4 is 11.8 Å². The topological polar surface area (TPSA) is 24.9 Å². The van der Waals surface area contributed by atoms with Gasteiger partial charge in [0.25, 0.3) is 0 Å². The first-order valence-electron chi connectivity index (χ1n) is 6.84. The SMILES string of the molecule is CC(C)CNCc1cccnc1Sc1cc(F)ccc1F. The minimum absolute atomic E-state index is 0.249. The minimum atomic E-state index is -0.450. The van der Waals surface area contributed by atoms with Crippen LogP contribution in [-0.2, 0) is 6.54 Å². The number of halogens is 2. The number of nitrogens with one attached hydrogen (secondary N) is 1. The Kier molecular flexibility index (Phi) is 5.70. The van der Waals surface area contributed by atoms with E-state index in [9.17, 15) is 8.78 Å². The Labute approximate surface area is 128 Å². The van der Waals surface area contributed by atoms with Crippen LogP contribution in [0.3, 0.4) is 0 Å². The molecule has 0 fully saturated rings. The predicted molar refractivity (Wildman–Crippen MR) is 81.3 cm³/mol. The molecule has 112 valence electrons. The largest absolute Gasteiger partial charge is 0.312 e. The van der Waals surface area contributed by atoms with Gasteiger partial charge in [-0.05, 0) is 42.3 Å². The number of benzene rings is 1. The number of nitrogens with zero attached hydrogens (tertiary/aromatic N) is 1. The first kappa shape index (κ1) is 15.9. The molecule has 2 rings (SSSR count). The van der Waals surface area contributed by atoms with Crippen molar-refractivity contribution in [1.29, 1.82) is 0 Å². The van der Waals surface area contributed by atoms with Gasteiger partial charge >= 0.3 is 0 Å². The molecule has 0 spiro atoms. The molecular formula is C16H18F2N2S. The summed E-state index contributed by atoms with van der Waals surface area (Å²) in [7, 11) is 0. The smallest absolute Gasteiger partial charge is 0.137 e. The first-order valence-corrected chi connectivity index (χ1v) is 7.65. The van der Waals surface area contributed by atoms with Crippen molar-refractivity contribution in [3.05, 3.63) is 53.7 Å². The van der Waals surface area contributed by atoms with E-state index in [1.54, 1.807) is 6.20 Å². The Morgan fingerprint density at radius 2 is 2.05 bits per heavy atom. The van der Waals surface area contributed by atoms with Crippen LogP contribution in [0.2, 0.25) is 0 Å². The van der Waals surface area contributed by atoms with Crippen LogP contribution < -0.4 is 5.32 Å². The molecule has 0 amide bonds. The van der Waals surface area contributed by atoms with Crippen LogP contribution in [0, 0.1) is 17.6 Å². The lowest BCUT2D eigenvalue weighted by atomic mass is 10.2. The van der Waals surface area contributed by atoms with Crippen LogP contribution in [0.15, 0.2) is 46.5 Å². The molecule has 0 aliphatic rings. The van der Waals surface area contributed by atoms with Crippen molar-refractivity contribution in [3.63, 3.8) is 0 Å². The summed E-state index contributed by atoms with van der Waals surface area (Å²) in [5, 5.41) is 4.02. The molecule has 0 bridgehead atoms. The number of hydrogen-bond donors (Lipinski definition) is 1. The fraction of sp³-hybridized carbons (Fsp3) is 0.312. The molecular weight excluding hydrogens is 290 g/mol. The van der Waals surface area contributed by atoms with E-state index in [1.807, 2.05) is 12.1 Å². The Hall–Kier alpha value is -1.46. The predicted octanol–water partition coefficient (Wildman–Crippen LogP) is 4.26. The van der Waals surface area contributed by atoms with Gasteiger partial charge in [0.05, 0.1) is 4.90 Å². The highest BCUT2D eigenvalue weighted by atomic mass is 32.2. The minimum Gasteiger partial charge on any atom is -0.312 e. The molecule has 2 aromatic rings. The molecule has 0 unspecified atom stereocenters. The highest BCUT2D eigenvalue weighted by Gasteiger charge is 2.10. The molecule has 5 heteroatoms. The quantitative estimate of drug-likeness (QED) is 0.863. The molecule has 0 aliphatic carbocycles. The second kappa shape index (κ2) is 7.52. The second-order valence-corrected chi connectivity index (χ2v) is 6.20. The number of rotatable bonds is 6. The van der Waals surface area contributed by atoms with Gasteiger partial charge in [0.1, 0.15) is 16.7 Å². The molecule has 0 aliphatic heterocycles. The third-order valence-electron chi connectivity index (χ3n) is 2.82. The summed E-state index contributed by atoms with van der Waals surface area (Å²) in [5.41, 5.74) is 0.979. The van der Waals surface area contributed by atoms with Crippen molar-refractivity contribution < 1.29 is 8.78 Å².